The minimum absolute atomic E-state index is 0.00505. The molecule has 0 spiro atoms. The normalized spacial score (nSPS) is 20.9. The van der Waals surface area contributed by atoms with Gasteiger partial charge >= 0.3 is 0 Å². The smallest absolute Gasteiger partial charge is 0.242 e. The molecule has 19 heavy (non-hydrogen) atoms. The second-order valence-electron chi connectivity index (χ2n) is 5.04. The summed E-state index contributed by atoms with van der Waals surface area (Å²) < 4.78 is 0. The molecule has 100 valence electrons. The van der Waals surface area contributed by atoms with Crippen LogP contribution in [-0.2, 0) is 11.3 Å². The molecule has 1 aliphatic heterocycles. The minimum Gasteiger partial charge on any atom is -0.324 e. The number of amides is 1. The Morgan fingerprint density at radius 3 is 2.95 bits per heavy atom. The van der Waals surface area contributed by atoms with Crippen LogP contribution in [0.2, 0.25) is 0 Å². The number of fused-ring (bicyclic) bond motifs is 1. The lowest BCUT2D eigenvalue weighted by molar-refractivity contribution is -0.122. The molecule has 1 aliphatic rings. The predicted octanol–water partition coefficient (Wildman–Crippen LogP) is 2.38. The van der Waals surface area contributed by atoms with Crippen molar-refractivity contribution in [3.8, 4) is 6.07 Å². The average molecular weight is 257 g/mol. The van der Waals surface area contributed by atoms with Gasteiger partial charge in [0.2, 0.25) is 5.91 Å². The van der Waals surface area contributed by atoms with Crippen LogP contribution in [0, 0.1) is 17.2 Å². The molecular weight excluding hydrogens is 238 g/mol. The van der Waals surface area contributed by atoms with E-state index < -0.39 is 0 Å². The van der Waals surface area contributed by atoms with Crippen molar-refractivity contribution in [3.05, 3.63) is 29.8 Å². The summed E-state index contributed by atoms with van der Waals surface area (Å²) in [5.74, 6) is 0.220. The number of benzene rings is 1. The summed E-state index contributed by atoms with van der Waals surface area (Å²) in [6.45, 7) is 5.04. The van der Waals surface area contributed by atoms with Crippen molar-refractivity contribution in [2.24, 2.45) is 5.92 Å². The van der Waals surface area contributed by atoms with E-state index in [4.69, 9.17) is 5.26 Å². The Morgan fingerprint density at radius 1 is 1.53 bits per heavy atom. The fraction of sp³-hybridized carbons (Fsp3) is 0.467. The lowest BCUT2D eigenvalue weighted by atomic mass is 9.97. The molecule has 0 radical (unpaired) electrons. The number of anilines is 1. The van der Waals surface area contributed by atoms with E-state index in [9.17, 15) is 4.79 Å². The molecule has 1 amide bonds. The molecule has 0 fully saturated rings. The Kier molecular flexibility index (Phi) is 4.18. The molecule has 4 heteroatoms. The second kappa shape index (κ2) is 5.85. The summed E-state index contributed by atoms with van der Waals surface area (Å²) >= 11 is 0. The van der Waals surface area contributed by atoms with Crippen molar-refractivity contribution in [2.75, 3.05) is 11.9 Å². The highest BCUT2D eigenvalue weighted by atomic mass is 16.2. The predicted molar refractivity (Wildman–Crippen MR) is 74.3 cm³/mol. The third-order valence-corrected chi connectivity index (χ3v) is 3.77. The number of carbonyl (C=O) groups excluding carboxylic acids is 1. The van der Waals surface area contributed by atoms with E-state index in [0.29, 0.717) is 6.54 Å². The van der Waals surface area contributed by atoms with Crippen molar-refractivity contribution in [1.29, 1.82) is 5.26 Å². The second-order valence-corrected chi connectivity index (χ2v) is 5.04. The van der Waals surface area contributed by atoms with Gasteiger partial charge in [-0.25, -0.2) is 0 Å². The van der Waals surface area contributed by atoms with Crippen LogP contribution >= 0.6 is 0 Å². The minimum atomic E-state index is -0.239. The lowest BCUT2D eigenvalue weighted by Gasteiger charge is -2.30. The monoisotopic (exact) mass is 257 g/mol. The first kappa shape index (κ1) is 13.6. The van der Waals surface area contributed by atoms with Gasteiger partial charge in [0.1, 0.15) is 0 Å². The van der Waals surface area contributed by atoms with Gasteiger partial charge in [-0.15, -0.1) is 0 Å². The molecule has 0 saturated heterocycles. The number of rotatable bonds is 3. The highest BCUT2D eigenvalue weighted by molar-refractivity contribution is 5.96. The van der Waals surface area contributed by atoms with Crippen LogP contribution in [0.3, 0.4) is 0 Å². The Morgan fingerprint density at radius 2 is 2.26 bits per heavy atom. The zero-order chi connectivity index (χ0) is 13.8. The van der Waals surface area contributed by atoms with Crippen molar-refractivity contribution >= 4 is 11.6 Å². The molecule has 1 heterocycles. The van der Waals surface area contributed by atoms with Gasteiger partial charge in [-0.2, -0.15) is 5.26 Å². The quantitative estimate of drug-likeness (QED) is 0.846. The topological polar surface area (TPSA) is 56.1 Å². The molecule has 2 rings (SSSR count). The maximum atomic E-state index is 12.4. The molecule has 0 bridgehead atoms. The van der Waals surface area contributed by atoms with Gasteiger partial charge in [0, 0.05) is 12.2 Å². The van der Waals surface area contributed by atoms with Gasteiger partial charge in [0.15, 0.2) is 0 Å². The zero-order valence-corrected chi connectivity index (χ0v) is 11.4. The van der Waals surface area contributed by atoms with E-state index in [1.807, 2.05) is 29.2 Å². The van der Waals surface area contributed by atoms with Gasteiger partial charge in [0.05, 0.1) is 18.7 Å². The van der Waals surface area contributed by atoms with E-state index in [0.717, 1.165) is 17.7 Å². The summed E-state index contributed by atoms with van der Waals surface area (Å²) in [7, 11) is 0. The van der Waals surface area contributed by atoms with Crippen LogP contribution in [0.25, 0.3) is 0 Å². The first-order valence-electron chi connectivity index (χ1n) is 6.67. The van der Waals surface area contributed by atoms with Gasteiger partial charge in [-0.05, 0) is 17.5 Å². The summed E-state index contributed by atoms with van der Waals surface area (Å²) in [5.41, 5.74) is 1.93. The SMILES string of the molecule is CCC(C)C1C(=O)Nc2ccccc2CN1CC#N. The van der Waals surface area contributed by atoms with Crippen LogP contribution < -0.4 is 5.32 Å². The molecule has 0 aromatic heterocycles. The third-order valence-electron chi connectivity index (χ3n) is 3.77. The number of para-hydroxylation sites is 1. The lowest BCUT2D eigenvalue weighted by Crippen LogP contribution is -2.46. The summed E-state index contributed by atoms with van der Waals surface area (Å²) in [6.07, 6.45) is 0.913. The van der Waals surface area contributed by atoms with Gasteiger partial charge in [0.25, 0.3) is 0 Å². The van der Waals surface area contributed by atoms with Crippen molar-refractivity contribution in [3.63, 3.8) is 0 Å². The molecule has 0 aliphatic carbocycles. The number of nitriles is 1. The summed E-state index contributed by atoms with van der Waals surface area (Å²) in [6, 6.07) is 9.72. The van der Waals surface area contributed by atoms with Crippen molar-refractivity contribution < 1.29 is 4.79 Å². The van der Waals surface area contributed by atoms with Crippen LogP contribution in [0.5, 0.6) is 0 Å². The Balaban J connectivity index is 2.37. The van der Waals surface area contributed by atoms with Crippen molar-refractivity contribution in [2.45, 2.75) is 32.9 Å². The first-order chi connectivity index (χ1) is 9.17. The van der Waals surface area contributed by atoms with E-state index >= 15 is 0 Å². The number of hydrogen-bond donors (Lipinski definition) is 1. The molecule has 0 saturated carbocycles. The molecule has 1 aromatic rings. The van der Waals surface area contributed by atoms with E-state index in [-0.39, 0.29) is 24.4 Å². The summed E-state index contributed by atoms with van der Waals surface area (Å²) in [4.78, 5) is 14.4. The van der Waals surface area contributed by atoms with E-state index in [1.165, 1.54) is 0 Å². The summed E-state index contributed by atoms with van der Waals surface area (Å²) in [5, 5.41) is 12.0. The fourth-order valence-electron chi connectivity index (χ4n) is 2.56. The van der Waals surface area contributed by atoms with Crippen LogP contribution in [-0.4, -0.2) is 23.4 Å². The highest BCUT2D eigenvalue weighted by Crippen LogP contribution is 2.26. The molecule has 4 nitrogen and oxygen atoms in total. The zero-order valence-electron chi connectivity index (χ0n) is 11.4. The molecule has 2 atom stereocenters. The Hall–Kier alpha value is -1.86. The third kappa shape index (κ3) is 2.77. The Bertz CT molecular complexity index is 506. The fourth-order valence-corrected chi connectivity index (χ4v) is 2.56. The van der Waals surface area contributed by atoms with Crippen LogP contribution in [0.1, 0.15) is 25.8 Å². The largest absolute Gasteiger partial charge is 0.324 e. The molecular formula is C15H19N3O. The van der Waals surface area contributed by atoms with Crippen LogP contribution in [0.4, 0.5) is 5.69 Å². The number of hydrogen-bond acceptors (Lipinski definition) is 3. The van der Waals surface area contributed by atoms with E-state index in [1.54, 1.807) is 0 Å². The number of nitrogens with zero attached hydrogens (tertiary/aromatic N) is 2. The average Bonchev–Trinajstić information content (AvgIpc) is 2.54. The standard InChI is InChI=1S/C15H19N3O/c1-3-11(2)14-15(19)17-13-7-5-4-6-12(13)10-18(14)9-8-16/h4-7,11,14H,3,9-10H2,1-2H3,(H,17,19). The van der Waals surface area contributed by atoms with Gasteiger partial charge < -0.3 is 5.32 Å². The number of carbonyl (C=O) groups is 1. The highest BCUT2D eigenvalue weighted by Gasteiger charge is 2.33. The first-order valence-corrected chi connectivity index (χ1v) is 6.67. The van der Waals surface area contributed by atoms with Gasteiger partial charge in [-0.1, -0.05) is 38.5 Å². The molecule has 1 N–H and O–H groups in total. The number of nitrogens with one attached hydrogen (secondary N) is 1. The maximum absolute atomic E-state index is 12.4. The Labute approximate surface area is 114 Å². The molecule has 2 unspecified atom stereocenters. The van der Waals surface area contributed by atoms with Crippen LogP contribution in [0.15, 0.2) is 24.3 Å². The van der Waals surface area contributed by atoms with Gasteiger partial charge in [-0.3, -0.25) is 9.69 Å². The van der Waals surface area contributed by atoms with Crippen molar-refractivity contribution in [1.82, 2.24) is 4.90 Å². The molecule has 1 aromatic carbocycles. The maximum Gasteiger partial charge on any atom is 0.242 e. The van der Waals surface area contributed by atoms with E-state index in [2.05, 4.69) is 25.2 Å².